The number of amides is 5. The number of carboxylic acids is 1. The van der Waals surface area contributed by atoms with Crippen LogP contribution in [0.25, 0.3) is 0 Å². The van der Waals surface area contributed by atoms with Gasteiger partial charge in [0.15, 0.2) is 0 Å². The molecule has 1 rings (SSSR count). The lowest BCUT2D eigenvalue weighted by atomic mass is 9.95. The summed E-state index contributed by atoms with van der Waals surface area (Å²) in [5.74, 6) is -6.04. The third-order valence-electron chi connectivity index (χ3n) is 10.4. The molecule has 19 heteroatoms. The average Bonchev–Trinajstić information content (AvgIpc) is 3.26. The van der Waals surface area contributed by atoms with Crippen molar-refractivity contribution < 1.29 is 67.3 Å². The fourth-order valence-electron chi connectivity index (χ4n) is 6.92. The maximum atomic E-state index is 13.1. The third-order valence-corrected chi connectivity index (χ3v) is 10.4. The number of hydrogen-bond donors (Lipinski definition) is 6. The number of carbonyl (C=O) groups excluding carboxylic acids is 9. The van der Waals surface area contributed by atoms with E-state index >= 15 is 0 Å². The van der Waals surface area contributed by atoms with Crippen molar-refractivity contribution in [1.29, 1.82) is 0 Å². The smallest absolute Gasteiger partial charge is 0.328 e. The highest BCUT2D eigenvalue weighted by Gasteiger charge is 2.26. The Morgan fingerprint density at radius 1 is 0.529 bits per heavy atom. The van der Waals surface area contributed by atoms with E-state index in [0.717, 1.165) is 31.2 Å². The molecule has 4 unspecified atom stereocenters. The van der Waals surface area contributed by atoms with Crippen LogP contribution >= 0.6 is 0 Å². The van der Waals surface area contributed by atoms with Gasteiger partial charge in [-0.1, -0.05) is 65.0 Å². The highest BCUT2D eigenvalue weighted by molar-refractivity contribution is 5.99. The average molecular weight is 960 g/mol. The van der Waals surface area contributed by atoms with Crippen LogP contribution in [0.4, 0.5) is 0 Å². The van der Waals surface area contributed by atoms with E-state index in [2.05, 4.69) is 40.4 Å². The van der Waals surface area contributed by atoms with Crippen LogP contribution in [0.15, 0.2) is 30.3 Å². The van der Waals surface area contributed by atoms with Crippen LogP contribution in [-0.4, -0.2) is 109 Å². The Hall–Kier alpha value is -5.88. The summed E-state index contributed by atoms with van der Waals surface area (Å²) < 4.78 is 16.3. The molecule has 0 radical (unpaired) electrons. The van der Waals surface area contributed by atoms with E-state index in [4.69, 9.17) is 14.2 Å². The van der Waals surface area contributed by atoms with E-state index in [1.807, 2.05) is 26.8 Å². The first-order valence-electron chi connectivity index (χ1n) is 24.0. The molecule has 1 aromatic carbocycles. The minimum atomic E-state index is -1.26. The number of rotatable bonds is 37. The number of benzene rings is 1. The van der Waals surface area contributed by atoms with Crippen molar-refractivity contribution in [2.24, 2.45) is 17.8 Å². The maximum Gasteiger partial charge on any atom is 0.328 e. The number of esters is 3. The van der Waals surface area contributed by atoms with Gasteiger partial charge in [0.25, 0.3) is 0 Å². The molecule has 0 aliphatic heterocycles. The molecule has 0 saturated carbocycles. The van der Waals surface area contributed by atoms with E-state index in [9.17, 15) is 53.1 Å². The molecule has 0 fully saturated rings. The Balaban J connectivity index is 2.55. The van der Waals surface area contributed by atoms with Crippen LogP contribution < -0.4 is 26.6 Å². The number of hydrogen-bond acceptors (Lipinski definition) is 13. The van der Waals surface area contributed by atoms with Crippen LogP contribution in [0, 0.1) is 17.8 Å². The number of Topliss-reactive ketones (excluding diaryl/α,β-unsaturated/α-hetero) is 1. The van der Waals surface area contributed by atoms with Crippen molar-refractivity contribution in [3.05, 3.63) is 35.9 Å². The molecular formula is C49H77N5O14. The van der Waals surface area contributed by atoms with Crippen LogP contribution in [0.3, 0.4) is 0 Å². The molecular weight excluding hydrogens is 883 g/mol. The number of aliphatic carboxylic acids is 1. The molecule has 0 aliphatic rings. The van der Waals surface area contributed by atoms with E-state index in [1.54, 1.807) is 24.3 Å². The fraction of sp³-hybridized carbons (Fsp3) is 0.673. The molecule has 68 heavy (non-hydrogen) atoms. The van der Waals surface area contributed by atoms with Gasteiger partial charge in [0.1, 0.15) is 43.4 Å². The molecule has 5 amide bonds. The highest BCUT2D eigenvalue weighted by Crippen LogP contribution is 2.17. The number of nitrogens with one attached hydrogen (secondary N) is 5. The van der Waals surface area contributed by atoms with Crippen molar-refractivity contribution in [2.75, 3.05) is 26.3 Å². The second-order valence-electron chi connectivity index (χ2n) is 17.8. The zero-order valence-electron chi connectivity index (χ0n) is 41.0. The molecule has 0 heterocycles. The predicted molar refractivity (Wildman–Crippen MR) is 251 cm³/mol. The normalized spacial score (nSPS) is 12.7. The summed E-state index contributed by atoms with van der Waals surface area (Å²) in [7, 11) is 0. The monoisotopic (exact) mass is 960 g/mol. The van der Waals surface area contributed by atoms with Gasteiger partial charge in [-0.3, -0.25) is 33.6 Å². The Labute approximate surface area is 401 Å². The molecule has 19 nitrogen and oxygen atoms in total. The van der Waals surface area contributed by atoms with Crippen LogP contribution in [0.5, 0.6) is 0 Å². The van der Waals surface area contributed by atoms with Crippen molar-refractivity contribution in [1.82, 2.24) is 26.6 Å². The molecule has 0 aliphatic carbocycles. The van der Waals surface area contributed by atoms with E-state index in [1.165, 1.54) is 6.92 Å². The molecule has 0 aromatic heterocycles. The summed E-state index contributed by atoms with van der Waals surface area (Å²) in [5.41, 5.74) is 0.722. The number of unbranched alkanes of at least 4 members (excludes halogenated alkanes) is 5. The van der Waals surface area contributed by atoms with Gasteiger partial charge in [-0.15, -0.1) is 0 Å². The Bertz CT molecular complexity index is 1760. The van der Waals surface area contributed by atoms with Gasteiger partial charge < -0.3 is 45.9 Å². The van der Waals surface area contributed by atoms with Crippen molar-refractivity contribution in [2.45, 2.75) is 169 Å². The molecule has 0 spiro atoms. The number of carboxylic acid groups (broad SMARTS) is 1. The van der Waals surface area contributed by atoms with Crippen LogP contribution in [-0.2, 0) is 68.8 Å². The molecule has 1 aromatic rings. The van der Waals surface area contributed by atoms with Gasteiger partial charge in [-0.25, -0.2) is 14.4 Å². The lowest BCUT2D eigenvalue weighted by Gasteiger charge is -2.19. The van der Waals surface area contributed by atoms with Gasteiger partial charge in [0.2, 0.25) is 29.5 Å². The first kappa shape index (κ1) is 60.1. The lowest BCUT2D eigenvalue weighted by Crippen LogP contribution is -2.44. The molecule has 0 saturated heterocycles. The maximum absolute atomic E-state index is 13.1. The van der Waals surface area contributed by atoms with Crippen LogP contribution in [0.1, 0.15) is 150 Å². The lowest BCUT2D eigenvalue weighted by molar-refractivity contribution is -0.150. The number of ether oxygens (including phenoxy) is 3. The Morgan fingerprint density at radius 3 is 1.50 bits per heavy atom. The van der Waals surface area contributed by atoms with E-state index in [0.29, 0.717) is 57.5 Å². The van der Waals surface area contributed by atoms with Crippen LogP contribution in [0.2, 0.25) is 0 Å². The quantitative estimate of drug-likeness (QED) is 0.0234. The van der Waals surface area contributed by atoms with Gasteiger partial charge in [0, 0.05) is 13.1 Å². The van der Waals surface area contributed by atoms with Crippen molar-refractivity contribution in [3.63, 3.8) is 0 Å². The zero-order chi connectivity index (χ0) is 50.9. The first-order valence-corrected chi connectivity index (χ1v) is 24.0. The molecule has 0 bridgehead atoms. The largest absolute Gasteiger partial charge is 0.480 e. The molecule has 6 N–H and O–H groups in total. The number of ketones is 1. The Morgan fingerprint density at radius 2 is 1.00 bits per heavy atom. The minimum Gasteiger partial charge on any atom is -0.480 e. The van der Waals surface area contributed by atoms with E-state index in [-0.39, 0.29) is 57.0 Å². The fourth-order valence-corrected chi connectivity index (χ4v) is 6.92. The van der Waals surface area contributed by atoms with Crippen molar-refractivity contribution >= 4 is 59.2 Å². The topological polar surface area (TPSA) is 279 Å². The molecule has 382 valence electrons. The summed E-state index contributed by atoms with van der Waals surface area (Å²) in [6.07, 6.45) is 4.70. The summed E-state index contributed by atoms with van der Waals surface area (Å²) in [5, 5.41) is 22.1. The third kappa shape index (κ3) is 29.7. The SMILES string of the molecule is CCC(CC(C)C)C(=O)OCCCCCCOC(=O)C(CC(C)C)NC(=O)CC(=O)NCCCCC(NC(=O)CC(=O)NCCCCC(NC(=O)CC(C)=O)C(=O)O)C(=O)OCc1ccccc1. The predicted octanol–water partition coefficient (Wildman–Crippen LogP) is 4.37. The van der Waals surface area contributed by atoms with Crippen molar-refractivity contribution in [3.8, 4) is 0 Å². The number of carbonyl (C=O) groups is 10. The summed E-state index contributed by atoms with van der Waals surface area (Å²) in [6.45, 7) is 11.9. The standard InChI is InChI=1S/C49H77N5O14/c1-7-37(27-33(2)3)47(63)66-25-17-8-9-18-26-67-49(65)40(28-34(4)5)54-45(60)31-42(57)51-24-16-14-22-39(48(64)68-32-36-19-11-10-12-20-36)53-44(59)30-41(56)50-23-15-13-21-38(46(61)62)52-43(58)29-35(6)55/h10-12,19-20,33-34,37-40H,7-9,13-18,21-32H2,1-6H3,(H,50,56)(H,51,57)(H,52,58)(H,53,59)(H,54,60)(H,61,62). The van der Waals surface area contributed by atoms with Gasteiger partial charge in [0.05, 0.1) is 25.6 Å². The highest BCUT2D eigenvalue weighted by atomic mass is 16.5. The molecule has 4 atom stereocenters. The summed E-state index contributed by atoms with van der Waals surface area (Å²) in [6, 6.07) is 5.65. The second kappa shape index (κ2) is 35.3. The summed E-state index contributed by atoms with van der Waals surface area (Å²) >= 11 is 0. The van der Waals surface area contributed by atoms with Gasteiger partial charge >= 0.3 is 23.9 Å². The Kier molecular flexibility index (Phi) is 31.2. The zero-order valence-corrected chi connectivity index (χ0v) is 41.0. The second-order valence-corrected chi connectivity index (χ2v) is 17.8. The van der Waals surface area contributed by atoms with Gasteiger partial charge in [-0.2, -0.15) is 0 Å². The first-order chi connectivity index (χ1) is 32.3. The summed E-state index contributed by atoms with van der Waals surface area (Å²) in [4.78, 5) is 124. The van der Waals surface area contributed by atoms with E-state index < -0.39 is 90.6 Å². The van der Waals surface area contributed by atoms with Gasteiger partial charge in [-0.05, 0) is 108 Å². The minimum absolute atomic E-state index is 0.0470.